The number of amides is 1. The van der Waals surface area contributed by atoms with Gasteiger partial charge >= 0.3 is 0 Å². The van der Waals surface area contributed by atoms with Crippen LogP contribution in [0.3, 0.4) is 0 Å². The van der Waals surface area contributed by atoms with Crippen molar-refractivity contribution in [2.24, 2.45) is 11.8 Å². The first-order valence-electron chi connectivity index (χ1n) is 15.9. The number of rotatable bonds is 8. The highest BCUT2D eigenvalue weighted by Gasteiger charge is 2.57. The van der Waals surface area contributed by atoms with Crippen molar-refractivity contribution >= 4 is 16.8 Å². The van der Waals surface area contributed by atoms with Crippen molar-refractivity contribution in [3.05, 3.63) is 47.5 Å². The molecule has 1 saturated heterocycles. The first kappa shape index (κ1) is 27.8. The summed E-state index contributed by atoms with van der Waals surface area (Å²) >= 11 is 0. The Morgan fingerprint density at radius 2 is 1.76 bits per heavy atom. The van der Waals surface area contributed by atoms with Crippen LogP contribution in [0.15, 0.2) is 36.4 Å². The van der Waals surface area contributed by atoms with E-state index >= 15 is 0 Å². The summed E-state index contributed by atoms with van der Waals surface area (Å²) in [6.45, 7) is 4.21. The molecule has 0 spiro atoms. The Morgan fingerprint density at radius 1 is 1.02 bits per heavy atom. The number of likely N-dealkylation sites (tertiary alicyclic amines) is 1. The molecule has 7 heteroatoms. The molecule has 7 nitrogen and oxygen atoms in total. The maximum Gasteiger partial charge on any atom is 0.236 e. The van der Waals surface area contributed by atoms with Crippen LogP contribution < -0.4 is 14.8 Å². The largest absolute Gasteiger partial charge is 0.493 e. The molecule has 224 valence electrons. The van der Waals surface area contributed by atoms with E-state index in [1.165, 1.54) is 22.9 Å². The Morgan fingerprint density at radius 3 is 2.43 bits per heavy atom. The number of methoxy groups -OCH3 is 2. The number of piperidine rings is 1. The van der Waals surface area contributed by atoms with E-state index in [-0.39, 0.29) is 11.4 Å². The molecule has 4 atom stereocenters. The summed E-state index contributed by atoms with van der Waals surface area (Å²) in [6, 6.07) is 12.9. The van der Waals surface area contributed by atoms with Gasteiger partial charge in [0, 0.05) is 40.8 Å². The number of carbonyl (C=O) groups is 1. The topological polar surface area (TPSA) is 86.8 Å². The Labute approximate surface area is 249 Å². The predicted molar refractivity (Wildman–Crippen MR) is 165 cm³/mol. The van der Waals surface area contributed by atoms with Gasteiger partial charge in [0.05, 0.1) is 26.4 Å². The average Bonchev–Trinajstić information content (AvgIpc) is 3.36. The SMILES string of the molecule is CCc1c(-c2ccc(OC)c(OC)c2)[nH]c2ccc(C3CCN(C(=O)CNC45C[C@@H]6C[C@@H](CC(O)(C6)C4)C5)CC3)cc12. The molecule has 1 aromatic heterocycles. The van der Waals surface area contributed by atoms with Crippen molar-refractivity contribution < 1.29 is 19.4 Å². The minimum absolute atomic E-state index is 0.0361. The second kappa shape index (κ2) is 10.6. The number of nitrogens with zero attached hydrogens (tertiary/aromatic N) is 1. The van der Waals surface area contributed by atoms with E-state index < -0.39 is 5.60 Å². The molecule has 5 aliphatic rings. The van der Waals surface area contributed by atoms with Crippen LogP contribution in [-0.2, 0) is 11.2 Å². The highest BCUT2D eigenvalue weighted by atomic mass is 16.5. The van der Waals surface area contributed by atoms with Crippen molar-refractivity contribution in [1.82, 2.24) is 15.2 Å². The van der Waals surface area contributed by atoms with Crippen molar-refractivity contribution in [2.45, 2.75) is 81.8 Å². The van der Waals surface area contributed by atoms with Gasteiger partial charge in [0.15, 0.2) is 11.5 Å². The summed E-state index contributed by atoms with van der Waals surface area (Å²) in [4.78, 5) is 19.0. The first-order valence-corrected chi connectivity index (χ1v) is 15.9. The molecule has 3 aromatic rings. The molecule has 1 aliphatic heterocycles. The number of fused-ring (bicyclic) bond motifs is 1. The second-order valence-electron chi connectivity index (χ2n) is 13.7. The standard InChI is InChI=1S/C35H45N3O4/c1-4-27-28-14-25(5-7-29(28)37-33(27)26-6-8-30(41-2)31(15-26)42-3)24-9-11-38(12-10-24)32(39)20-36-34-16-22-13-23(17-34)19-35(40,18-22)21-34/h5-8,14-15,22-24,36-37,40H,4,9-13,16-21H2,1-3H3/t22-,23+,34?,35?. The predicted octanol–water partition coefficient (Wildman–Crippen LogP) is 5.79. The number of hydrogen-bond donors (Lipinski definition) is 3. The third-order valence-electron chi connectivity index (χ3n) is 10.9. The van der Waals surface area contributed by atoms with E-state index in [2.05, 4.69) is 46.4 Å². The Hall–Kier alpha value is -3.03. The molecule has 1 amide bonds. The van der Waals surface area contributed by atoms with Gasteiger partial charge in [0.1, 0.15) is 0 Å². The molecule has 4 bridgehead atoms. The monoisotopic (exact) mass is 571 g/mol. The lowest BCUT2D eigenvalue weighted by Gasteiger charge is -2.60. The van der Waals surface area contributed by atoms with Gasteiger partial charge < -0.3 is 29.8 Å². The van der Waals surface area contributed by atoms with E-state index in [1.807, 2.05) is 12.1 Å². The number of aryl methyl sites for hydroxylation is 1. The van der Waals surface area contributed by atoms with Crippen LogP contribution in [0.2, 0.25) is 0 Å². The number of hydrogen-bond acceptors (Lipinski definition) is 5. The number of benzene rings is 2. The number of H-pyrrole nitrogens is 1. The highest BCUT2D eigenvalue weighted by molar-refractivity contribution is 5.91. The summed E-state index contributed by atoms with van der Waals surface area (Å²) in [6.07, 6.45) is 9.14. The van der Waals surface area contributed by atoms with Gasteiger partial charge in [-0.05, 0) is 117 Å². The summed E-state index contributed by atoms with van der Waals surface area (Å²) in [5.41, 5.74) is 5.50. The van der Waals surface area contributed by atoms with E-state index in [1.54, 1.807) is 14.2 Å². The second-order valence-corrected chi connectivity index (χ2v) is 13.7. The zero-order valence-electron chi connectivity index (χ0n) is 25.3. The van der Waals surface area contributed by atoms with Gasteiger partial charge in [-0.3, -0.25) is 4.79 Å². The van der Waals surface area contributed by atoms with Crippen molar-refractivity contribution in [3.63, 3.8) is 0 Å². The van der Waals surface area contributed by atoms with Crippen LogP contribution in [0, 0.1) is 11.8 Å². The number of aromatic nitrogens is 1. The number of ether oxygens (including phenoxy) is 2. The molecule has 3 N–H and O–H groups in total. The zero-order valence-corrected chi connectivity index (χ0v) is 25.3. The highest BCUT2D eigenvalue weighted by Crippen LogP contribution is 2.57. The molecule has 2 heterocycles. The zero-order chi connectivity index (χ0) is 29.1. The van der Waals surface area contributed by atoms with E-state index in [4.69, 9.17) is 9.47 Å². The van der Waals surface area contributed by atoms with Gasteiger partial charge in [-0.2, -0.15) is 0 Å². The maximum atomic E-state index is 13.3. The summed E-state index contributed by atoms with van der Waals surface area (Å²) in [7, 11) is 3.33. The van der Waals surface area contributed by atoms with Gasteiger partial charge in [0.2, 0.25) is 5.91 Å². The molecule has 2 unspecified atom stereocenters. The minimum atomic E-state index is -0.501. The first-order chi connectivity index (χ1) is 20.3. The molecule has 8 rings (SSSR count). The molecule has 0 radical (unpaired) electrons. The molecule has 42 heavy (non-hydrogen) atoms. The van der Waals surface area contributed by atoms with Gasteiger partial charge in [0.25, 0.3) is 0 Å². The fourth-order valence-corrected chi connectivity index (χ4v) is 9.38. The number of nitrogens with one attached hydrogen (secondary N) is 2. The van der Waals surface area contributed by atoms with E-state index in [0.717, 1.165) is 92.7 Å². The molecular weight excluding hydrogens is 526 g/mol. The fourth-order valence-electron chi connectivity index (χ4n) is 9.38. The van der Waals surface area contributed by atoms with Crippen LogP contribution in [0.4, 0.5) is 0 Å². The summed E-state index contributed by atoms with van der Waals surface area (Å²) in [5.74, 6) is 3.36. The van der Waals surface area contributed by atoms with Gasteiger partial charge in [-0.15, -0.1) is 0 Å². The normalized spacial score (nSPS) is 28.9. The van der Waals surface area contributed by atoms with Gasteiger partial charge in [-0.25, -0.2) is 0 Å². The minimum Gasteiger partial charge on any atom is -0.493 e. The van der Waals surface area contributed by atoms with Crippen molar-refractivity contribution in [2.75, 3.05) is 33.9 Å². The summed E-state index contributed by atoms with van der Waals surface area (Å²) in [5, 5.41) is 16.0. The van der Waals surface area contributed by atoms with Crippen LogP contribution in [-0.4, -0.2) is 65.9 Å². The maximum absolute atomic E-state index is 13.3. The molecule has 4 saturated carbocycles. The van der Waals surface area contributed by atoms with Crippen molar-refractivity contribution in [3.8, 4) is 22.8 Å². The third-order valence-corrected chi connectivity index (χ3v) is 10.9. The number of carbonyl (C=O) groups excluding carboxylic acids is 1. The van der Waals surface area contributed by atoms with Crippen LogP contribution in [0.1, 0.15) is 75.3 Å². The average molecular weight is 572 g/mol. The third kappa shape index (κ3) is 4.88. The summed E-state index contributed by atoms with van der Waals surface area (Å²) < 4.78 is 11.0. The lowest BCUT2D eigenvalue weighted by atomic mass is 9.51. The quantitative estimate of drug-likeness (QED) is 0.319. The Bertz CT molecular complexity index is 1470. The Balaban J connectivity index is 1.01. The van der Waals surface area contributed by atoms with Crippen LogP contribution in [0.25, 0.3) is 22.2 Å². The smallest absolute Gasteiger partial charge is 0.236 e. The van der Waals surface area contributed by atoms with Crippen LogP contribution in [0.5, 0.6) is 11.5 Å². The van der Waals surface area contributed by atoms with Gasteiger partial charge in [-0.1, -0.05) is 13.0 Å². The number of aliphatic hydroxyl groups is 1. The van der Waals surface area contributed by atoms with E-state index in [0.29, 0.717) is 24.3 Å². The lowest BCUT2D eigenvalue weighted by molar-refractivity contribution is -0.147. The Kier molecular flexibility index (Phi) is 7.01. The van der Waals surface area contributed by atoms with Crippen LogP contribution >= 0.6 is 0 Å². The van der Waals surface area contributed by atoms with E-state index in [9.17, 15) is 9.90 Å². The molecule has 2 aromatic carbocycles. The van der Waals surface area contributed by atoms with Crippen molar-refractivity contribution in [1.29, 1.82) is 0 Å². The molecule has 4 aliphatic carbocycles. The molecule has 5 fully saturated rings. The lowest BCUT2D eigenvalue weighted by Crippen LogP contribution is -2.65. The number of aromatic amines is 1. The fraction of sp³-hybridized carbons (Fsp3) is 0.571. The molecular formula is C35H45N3O4.